The van der Waals surface area contributed by atoms with Crippen molar-refractivity contribution < 1.29 is 0 Å². The average molecular weight is 252 g/mol. The summed E-state index contributed by atoms with van der Waals surface area (Å²) in [4.78, 5) is 2.84. The second kappa shape index (κ2) is 6.38. The minimum Gasteiger partial charge on any atom is -0.314 e. The molecule has 2 nitrogen and oxygen atoms in total. The first-order chi connectivity index (χ1) is 8.65. The lowest BCUT2D eigenvalue weighted by atomic mass is 9.80. The van der Waals surface area contributed by atoms with Crippen molar-refractivity contribution in [3.63, 3.8) is 0 Å². The Balaban J connectivity index is 1.98. The van der Waals surface area contributed by atoms with Gasteiger partial charge in [0.15, 0.2) is 0 Å². The van der Waals surface area contributed by atoms with Gasteiger partial charge in [0.05, 0.1) is 0 Å². The maximum atomic E-state index is 3.67. The molecular formula is C16H32N2. The molecule has 2 rings (SSSR count). The highest BCUT2D eigenvalue weighted by atomic mass is 15.2. The van der Waals surface area contributed by atoms with E-state index in [4.69, 9.17) is 0 Å². The number of nitrogens with one attached hydrogen (secondary N) is 1. The molecule has 2 fully saturated rings. The molecule has 0 radical (unpaired) electrons. The fourth-order valence-electron chi connectivity index (χ4n) is 4.20. The predicted molar refractivity (Wildman–Crippen MR) is 78.8 cm³/mol. The summed E-state index contributed by atoms with van der Waals surface area (Å²) < 4.78 is 0. The normalized spacial score (nSPS) is 43.0. The van der Waals surface area contributed by atoms with Gasteiger partial charge in [-0.25, -0.2) is 0 Å². The number of rotatable bonds is 3. The van der Waals surface area contributed by atoms with Crippen LogP contribution >= 0.6 is 0 Å². The molecule has 0 bridgehead atoms. The molecular weight excluding hydrogens is 220 g/mol. The number of nitrogens with zero attached hydrogens (tertiary/aromatic N) is 1. The lowest BCUT2D eigenvalue weighted by Crippen LogP contribution is -2.57. The first-order valence-electron chi connectivity index (χ1n) is 8.14. The van der Waals surface area contributed by atoms with Crippen LogP contribution in [0.15, 0.2) is 0 Å². The molecule has 0 aromatic heterocycles. The second-order valence-corrected chi connectivity index (χ2v) is 6.62. The van der Waals surface area contributed by atoms with Crippen molar-refractivity contribution in [2.45, 2.75) is 77.9 Å². The van der Waals surface area contributed by atoms with E-state index in [1.165, 1.54) is 38.6 Å². The molecule has 1 N–H and O–H groups in total. The van der Waals surface area contributed by atoms with Crippen molar-refractivity contribution >= 4 is 0 Å². The van der Waals surface area contributed by atoms with Crippen molar-refractivity contribution in [3.05, 3.63) is 0 Å². The Morgan fingerprint density at radius 2 is 1.78 bits per heavy atom. The van der Waals surface area contributed by atoms with Gasteiger partial charge in [0.2, 0.25) is 0 Å². The monoisotopic (exact) mass is 252 g/mol. The van der Waals surface area contributed by atoms with E-state index in [1.54, 1.807) is 0 Å². The summed E-state index contributed by atoms with van der Waals surface area (Å²) in [7, 11) is 0. The number of piperidine rings is 1. The van der Waals surface area contributed by atoms with E-state index in [-0.39, 0.29) is 0 Å². The molecule has 1 saturated carbocycles. The van der Waals surface area contributed by atoms with Crippen LogP contribution in [0.1, 0.15) is 59.8 Å². The van der Waals surface area contributed by atoms with Crippen LogP contribution in [0, 0.1) is 11.8 Å². The van der Waals surface area contributed by atoms with E-state index in [9.17, 15) is 0 Å². The zero-order valence-corrected chi connectivity index (χ0v) is 12.8. The van der Waals surface area contributed by atoms with Crippen LogP contribution in [0.4, 0.5) is 0 Å². The minimum absolute atomic E-state index is 0.736. The van der Waals surface area contributed by atoms with Gasteiger partial charge in [-0.05, 0) is 44.6 Å². The first kappa shape index (κ1) is 14.3. The highest BCUT2D eigenvalue weighted by Gasteiger charge is 2.37. The molecule has 18 heavy (non-hydrogen) atoms. The molecule has 0 amide bonds. The summed E-state index contributed by atoms with van der Waals surface area (Å²) >= 11 is 0. The van der Waals surface area contributed by atoms with Crippen LogP contribution in [0.2, 0.25) is 0 Å². The molecule has 5 atom stereocenters. The Morgan fingerprint density at radius 1 is 1.06 bits per heavy atom. The van der Waals surface area contributed by atoms with Crippen LogP contribution in [-0.4, -0.2) is 36.1 Å². The minimum atomic E-state index is 0.736. The highest BCUT2D eigenvalue weighted by molar-refractivity contribution is 4.93. The quantitative estimate of drug-likeness (QED) is 0.829. The topological polar surface area (TPSA) is 15.3 Å². The fourth-order valence-corrected chi connectivity index (χ4v) is 4.20. The fraction of sp³-hybridized carbons (Fsp3) is 1.00. The summed E-state index contributed by atoms with van der Waals surface area (Å²) in [5.41, 5.74) is 0. The van der Waals surface area contributed by atoms with E-state index < -0.39 is 0 Å². The Bertz CT molecular complexity index is 253. The number of hydrogen-bond donors (Lipinski definition) is 1. The maximum Gasteiger partial charge on any atom is 0.0124 e. The largest absolute Gasteiger partial charge is 0.314 e. The Morgan fingerprint density at radius 3 is 2.44 bits per heavy atom. The molecule has 1 aliphatic heterocycles. The van der Waals surface area contributed by atoms with Crippen molar-refractivity contribution in [1.82, 2.24) is 10.2 Å². The molecule has 1 saturated heterocycles. The average Bonchev–Trinajstić information content (AvgIpc) is 2.37. The van der Waals surface area contributed by atoms with Gasteiger partial charge < -0.3 is 5.32 Å². The van der Waals surface area contributed by atoms with Crippen LogP contribution in [0.25, 0.3) is 0 Å². The van der Waals surface area contributed by atoms with E-state index in [1.807, 2.05) is 0 Å². The molecule has 106 valence electrons. The third-order valence-corrected chi connectivity index (χ3v) is 5.58. The summed E-state index contributed by atoms with van der Waals surface area (Å²) in [6, 6.07) is 2.34. The SMILES string of the molecule is CCNC1CCN(C2CCCCC2C)C(C)C1C. The van der Waals surface area contributed by atoms with Crippen LogP contribution in [0.3, 0.4) is 0 Å². The van der Waals surface area contributed by atoms with Crippen molar-refractivity contribution in [2.24, 2.45) is 11.8 Å². The lowest BCUT2D eigenvalue weighted by molar-refractivity contribution is 0.0114. The van der Waals surface area contributed by atoms with Gasteiger partial charge >= 0.3 is 0 Å². The molecule has 0 aromatic rings. The van der Waals surface area contributed by atoms with Gasteiger partial charge in [0.1, 0.15) is 0 Å². The van der Waals surface area contributed by atoms with Crippen molar-refractivity contribution in [3.8, 4) is 0 Å². The third-order valence-electron chi connectivity index (χ3n) is 5.58. The Labute approximate surface area is 114 Å². The van der Waals surface area contributed by atoms with E-state index in [2.05, 4.69) is 37.9 Å². The highest BCUT2D eigenvalue weighted by Crippen LogP contribution is 2.34. The van der Waals surface area contributed by atoms with Gasteiger partial charge in [0, 0.05) is 24.7 Å². The molecule has 0 spiro atoms. The third kappa shape index (κ3) is 2.91. The zero-order chi connectivity index (χ0) is 13.1. The van der Waals surface area contributed by atoms with E-state index in [0.717, 1.165) is 36.5 Å². The standard InChI is InChI=1S/C16H32N2/c1-5-17-15-10-11-18(14(4)13(15)3)16-9-7-6-8-12(16)2/h12-17H,5-11H2,1-4H3. The molecule has 1 aliphatic carbocycles. The second-order valence-electron chi connectivity index (χ2n) is 6.62. The predicted octanol–water partition coefficient (Wildman–Crippen LogP) is 3.27. The summed E-state index contributed by atoms with van der Waals surface area (Å²) in [5.74, 6) is 1.69. The Hall–Kier alpha value is -0.0800. The van der Waals surface area contributed by atoms with Gasteiger partial charge in [-0.2, -0.15) is 0 Å². The summed E-state index contributed by atoms with van der Waals surface area (Å²) in [6.45, 7) is 12.0. The van der Waals surface area contributed by atoms with Crippen molar-refractivity contribution in [2.75, 3.05) is 13.1 Å². The lowest BCUT2D eigenvalue weighted by Gasteiger charge is -2.49. The van der Waals surface area contributed by atoms with Crippen LogP contribution < -0.4 is 5.32 Å². The number of hydrogen-bond acceptors (Lipinski definition) is 2. The Kier molecular flexibility index (Phi) is 5.08. The molecule has 2 aliphatic rings. The van der Waals surface area contributed by atoms with Crippen molar-refractivity contribution in [1.29, 1.82) is 0 Å². The van der Waals surface area contributed by atoms with E-state index in [0.29, 0.717) is 0 Å². The van der Waals surface area contributed by atoms with Gasteiger partial charge in [0.25, 0.3) is 0 Å². The summed E-state index contributed by atoms with van der Waals surface area (Å²) in [5, 5.41) is 3.67. The van der Waals surface area contributed by atoms with Gasteiger partial charge in [-0.1, -0.05) is 33.6 Å². The maximum absolute atomic E-state index is 3.67. The summed E-state index contributed by atoms with van der Waals surface area (Å²) in [6.07, 6.45) is 7.12. The van der Waals surface area contributed by atoms with Gasteiger partial charge in [-0.3, -0.25) is 4.90 Å². The van der Waals surface area contributed by atoms with Crippen LogP contribution in [0.5, 0.6) is 0 Å². The number of likely N-dealkylation sites (tertiary alicyclic amines) is 1. The smallest absolute Gasteiger partial charge is 0.0124 e. The zero-order valence-electron chi connectivity index (χ0n) is 12.8. The first-order valence-corrected chi connectivity index (χ1v) is 8.14. The molecule has 1 heterocycles. The van der Waals surface area contributed by atoms with Gasteiger partial charge in [-0.15, -0.1) is 0 Å². The van der Waals surface area contributed by atoms with Crippen LogP contribution in [-0.2, 0) is 0 Å². The molecule has 0 aromatic carbocycles. The van der Waals surface area contributed by atoms with E-state index >= 15 is 0 Å². The molecule has 2 heteroatoms. The molecule has 5 unspecified atom stereocenters.